The summed E-state index contributed by atoms with van der Waals surface area (Å²) in [5, 5.41) is 9.16. The van der Waals surface area contributed by atoms with Crippen LogP contribution in [0.2, 0.25) is 5.02 Å². The van der Waals surface area contributed by atoms with Crippen LogP contribution in [-0.2, 0) is 0 Å². The number of anilines is 3. The molecule has 1 aliphatic rings. The maximum atomic E-state index is 13.1. The number of benzene rings is 2. The van der Waals surface area contributed by atoms with Gasteiger partial charge in [0.25, 0.3) is 11.8 Å². The third-order valence-electron chi connectivity index (χ3n) is 5.28. The molecule has 1 aromatic heterocycles. The van der Waals surface area contributed by atoms with Gasteiger partial charge in [-0.3, -0.25) is 9.59 Å². The van der Waals surface area contributed by atoms with Crippen molar-refractivity contribution >= 4 is 40.6 Å². The van der Waals surface area contributed by atoms with Gasteiger partial charge in [-0.25, -0.2) is 9.37 Å². The predicted octanol–water partition coefficient (Wildman–Crippen LogP) is 4.18. The quantitative estimate of drug-likeness (QED) is 0.524. The van der Waals surface area contributed by atoms with E-state index in [0.717, 1.165) is 25.5 Å². The maximum Gasteiger partial charge on any atom is 0.257 e. The summed E-state index contributed by atoms with van der Waals surface area (Å²) in [7, 11) is 0. The van der Waals surface area contributed by atoms with E-state index in [1.54, 1.807) is 30.5 Å². The number of pyridine rings is 1. The van der Waals surface area contributed by atoms with Crippen LogP contribution in [0.15, 0.2) is 60.8 Å². The van der Waals surface area contributed by atoms with Gasteiger partial charge in [0, 0.05) is 43.1 Å². The molecule has 2 aromatic carbocycles. The lowest BCUT2D eigenvalue weighted by atomic mass is 10.2. The zero-order valence-corrected chi connectivity index (χ0v) is 18.7. The Hall–Kier alpha value is -3.49. The lowest BCUT2D eigenvalue weighted by molar-refractivity contribution is 0.101. The minimum Gasteiger partial charge on any atom is -0.354 e. The van der Waals surface area contributed by atoms with Gasteiger partial charge >= 0.3 is 0 Å². The molecule has 0 saturated carbocycles. The van der Waals surface area contributed by atoms with Crippen LogP contribution in [0.4, 0.5) is 21.6 Å². The Kier molecular flexibility index (Phi) is 6.86. The number of carbonyl (C=O) groups is 2. The second-order valence-electron chi connectivity index (χ2n) is 7.82. The van der Waals surface area contributed by atoms with Gasteiger partial charge < -0.3 is 20.9 Å². The van der Waals surface area contributed by atoms with E-state index in [9.17, 15) is 14.0 Å². The Bertz CT molecular complexity index is 1150. The fourth-order valence-electron chi connectivity index (χ4n) is 3.55. The minimum absolute atomic E-state index is 0.284. The number of rotatable bonds is 5. The van der Waals surface area contributed by atoms with E-state index in [1.807, 2.05) is 6.07 Å². The van der Waals surface area contributed by atoms with Crippen molar-refractivity contribution in [2.75, 3.05) is 35.2 Å². The van der Waals surface area contributed by atoms with Gasteiger partial charge in [0.15, 0.2) is 0 Å². The van der Waals surface area contributed by atoms with Crippen molar-refractivity contribution in [1.82, 2.24) is 10.3 Å². The number of carbonyl (C=O) groups excluding carboxylic acids is 2. The Labute approximate surface area is 196 Å². The molecule has 0 aliphatic carbocycles. The summed E-state index contributed by atoms with van der Waals surface area (Å²) in [5.74, 6) is -0.375. The molecule has 0 radical (unpaired) electrons. The Morgan fingerprint density at radius 3 is 2.48 bits per heavy atom. The molecule has 4 rings (SSSR count). The zero-order chi connectivity index (χ0) is 23.4. The SMILES string of the molecule is C[C@@H]1CN(c2ccc(C(=O)Nc3ccc(Cl)c(NC(=O)c4ccc(F)cc4)c3)cn2)CCN1. The van der Waals surface area contributed by atoms with Crippen LogP contribution < -0.4 is 20.9 Å². The zero-order valence-electron chi connectivity index (χ0n) is 17.9. The number of nitrogens with zero attached hydrogens (tertiary/aromatic N) is 2. The molecule has 3 aromatic rings. The highest BCUT2D eigenvalue weighted by Gasteiger charge is 2.17. The van der Waals surface area contributed by atoms with E-state index in [4.69, 9.17) is 11.6 Å². The molecule has 0 spiro atoms. The minimum atomic E-state index is -0.442. The number of nitrogens with one attached hydrogen (secondary N) is 3. The average molecular weight is 468 g/mol. The van der Waals surface area contributed by atoms with Crippen LogP contribution in [0.3, 0.4) is 0 Å². The van der Waals surface area contributed by atoms with Crippen LogP contribution >= 0.6 is 11.6 Å². The van der Waals surface area contributed by atoms with Crippen LogP contribution in [0.5, 0.6) is 0 Å². The number of halogens is 2. The summed E-state index contributed by atoms with van der Waals surface area (Å²) < 4.78 is 13.1. The highest BCUT2D eigenvalue weighted by molar-refractivity contribution is 6.34. The van der Waals surface area contributed by atoms with E-state index in [-0.39, 0.29) is 11.5 Å². The van der Waals surface area contributed by atoms with Crippen molar-refractivity contribution in [3.8, 4) is 0 Å². The van der Waals surface area contributed by atoms with E-state index >= 15 is 0 Å². The molecule has 1 saturated heterocycles. The Morgan fingerprint density at radius 1 is 1.06 bits per heavy atom. The van der Waals surface area contributed by atoms with Crippen LogP contribution in [0.25, 0.3) is 0 Å². The molecule has 170 valence electrons. The van der Waals surface area contributed by atoms with Crippen molar-refractivity contribution in [1.29, 1.82) is 0 Å². The Morgan fingerprint density at radius 2 is 1.79 bits per heavy atom. The predicted molar refractivity (Wildman–Crippen MR) is 128 cm³/mol. The molecule has 1 fully saturated rings. The molecule has 33 heavy (non-hydrogen) atoms. The van der Waals surface area contributed by atoms with Gasteiger partial charge in [-0.2, -0.15) is 0 Å². The van der Waals surface area contributed by atoms with Crippen LogP contribution in [0.1, 0.15) is 27.6 Å². The van der Waals surface area contributed by atoms with Gasteiger partial charge in [0.05, 0.1) is 16.3 Å². The molecule has 9 heteroatoms. The first kappa shape index (κ1) is 22.7. The van der Waals surface area contributed by atoms with E-state index in [1.165, 1.54) is 24.3 Å². The Balaban J connectivity index is 1.42. The first-order chi connectivity index (χ1) is 15.9. The number of piperazine rings is 1. The number of hydrogen-bond acceptors (Lipinski definition) is 5. The van der Waals surface area contributed by atoms with E-state index in [0.29, 0.717) is 28.0 Å². The number of amides is 2. The normalized spacial score (nSPS) is 15.7. The maximum absolute atomic E-state index is 13.1. The summed E-state index contributed by atoms with van der Waals surface area (Å²) in [5.41, 5.74) is 1.48. The lowest BCUT2D eigenvalue weighted by Gasteiger charge is -2.32. The topological polar surface area (TPSA) is 86.4 Å². The largest absolute Gasteiger partial charge is 0.354 e. The number of aromatic nitrogens is 1. The lowest BCUT2D eigenvalue weighted by Crippen LogP contribution is -2.49. The molecule has 0 unspecified atom stereocenters. The first-order valence-corrected chi connectivity index (χ1v) is 10.9. The molecule has 2 heterocycles. The van der Waals surface area contributed by atoms with Crippen molar-refractivity contribution in [2.24, 2.45) is 0 Å². The van der Waals surface area contributed by atoms with E-state index in [2.05, 4.69) is 32.8 Å². The monoisotopic (exact) mass is 467 g/mol. The summed E-state index contributed by atoms with van der Waals surface area (Å²) >= 11 is 6.20. The fraction of sp³-hybridized carbons (Fsp3) is 0.208. The molecule has 7 nitrogen and oxygen atoms in total. The van der Waals surface area contributed by atoms with Crippen molar-refractivity contribution < 1.29 is 14.0 Å². The first-order valence-electron chi connectivity index (χ1n) is 10.5. The smallest absolute Gasteiger partial charge is 0.257 e. The molecule has 3 N–H and O–H groups in total. The number of hydrogen-bond donors (Lipinski definition) is 3. The highest BCUT2D eigenvalue weighted by Crippen LogP contribution is 2.26. The summed E-state index contributed by atoms with van der Waals surface area (Å²) in [6, 6.07) is 13.9. The van der Waals surface area contributed by atoms with Gasteiger partial charge in [0.1, 0.15) is 11.6 Å². The van der Waals surface area contributed by atoms with Crippen molar-refractivity contribution in [3.63, 3.8) is 0 Å². The van der Waals surface area contributed by atoms with Crippen molar-refractivity contribution in [3.05, 3.63) is 82.8 Å². The van der Waals surface area contributed by atoms with Crippen molar-refractivity contribution in [2.45, 2.75) is 13.0 Å². The molecule has 1 atom stereocenters. The molecule has 2 amide bonds. The summed E-state index contributed by atoms with van der Waals surface area (Å²) in [4.78, 5) is 31.7. The molecular weight excluding hydrogens is 445 g/mol. The third kappa shape index (κ3) is 5.66. The summed E-state index contributed by atoms with van der Waals surface area (Å²) in [6.45, 7) is 4.73. The van der Waals surface area contributed by atoms with Gasteiger partial charge in [0.2, 0.25) is 0 Å². The molecule has 1 aliphatic heterocycles. The van der Waals surface area contributed by atoms with Gasteiger partial charge in [-0.1, -0.05) is 11.6 Å². The second kappa shape index (κ2) is 9.97. The molecule has 0 bridgehead atoms. The second-order valence-corrected chi connectivity index (χ2v) is 8.22. The standard InChI is InChI=1S/C24H23ClFN5O2/c1-15-14-31(11-10-27-15)22-9-4-17(13-28-22)24(33)29-19-7-8-20(25)21(12-19)30-23(32)16-2-5-18(26)6-3-16/h2-9,12-13,15,27H,10-11,14H2,1H3,(H,29,33)(H,30,32)/t15-/m1/s1. The van der Waals surface area contributed by atoms with Crippen LogP contribution in [0, 0.1) is 5.82 Å². The highest BCUT2D eigenvalue weighted by atomic mass is 35.5. The van der Waals surface area contributed by atoms with E-state index < -0.39 is 11.7 Å². The average Bonchev–Trinajstić information content (AvgIpc) is 2.81. The van der Waals surface area contributed by atoms with Gasteiger partial charge in [-0.05, 0) is 61.5 Å². The fourth-order valence-corrected chi connectivity index (χ4v) is 3.71. The van der Waals surface area contributed by atoms with Crippen LogP contribution in [-0.4, -0.2) is 42.5 Å². The third-order valence-corrected chi connectivity index (χ3v) is 5.61. The van der Waals surface area contributed by atoms with Gasteiger partial charge in [-0.15, -0.1) is 0 Å². The molecular formula is C24H23ClFN5O2. The summed E-state index contributed by atoms with van der Waals surface area (Å²) in [6.07, 6.45) is 1.55.